The van der Waals surface area contributed by atoms with E-state index in [9.17, 15) is 0 Å². The van der Waals surface area contributed by atoms with E-state index in [0.717, 1.165) is 29.7 Å². The highest BCUT2D eigenvalue weighted by molar-refractivity contribution is 5.52. The zero-order valence-electron chi connectivity index (χ0n) is 12.3. The molecular formula is C17H25N3. The third-order valence-corrected chi connectivity index (χ3v) is 6.11. The number of rotatable bonds is 3. The zero-order valence-corrected chi connectivity index (χ0v) is 12.3. The smallest absolute Gasteiger partial charge is 0.0598 e. The molecule has 4 fully saturated rings. The van der Waals surface area contributed by atoms with Crippen molar-refractivity contribution in [1.82, 2.24) is 4.98 Å². The van der Waals surface area contributed by atoms with Gasteiger partial charge in [-0.2, -0.15) is 0 Å². The summed E-state index contributed by atoms with van der Waals surface area (Å²) < 4.78 is 0. The van der Waals surface area contributed by atoms with Crippen molar-refractivity contribution in [2.24, 2.45) is 29.4 Å². The highest BCUT2D eigenvalue weighted by Gasteiger charge is 2.49. The molecule has 4 saturated carbocycles. The minimum absolute atomic E-state index is 0.607. The van der Waals surface area contributed by atoms with Gasteiger partial charge < -0.3 is 10.6 Å². The molecule has 0 amide bonds. The topological polar surface area (TPSA) is 42.2 Å². The van der Waals surface area contributed by atoms with E-state index in [2.05, 4.69) is 23.0 Å². The minimum atomic E-state index is 0.607. The Hall–Kier alpha value is -1.09. The number of hydrogen-bond donors (Lipinski definition) is 1. The lowest BCUT2D eigenvalue weighted by atomic mass is 9.54. The molecule has 0 atom stereocenters. The SMILES string of the molecule is CN(c1cnccc1CN)C1C2CC3CC(C2)CC1C3. The van der Waals surface area contributed by atoms with Crippen molar-refractivity contribution in [3.63, 3.8) is 0 Å². The van der Waals surface area contributed by atoms with E-state index in [4.69, 9.17) is 5.73 Å². The van der Waals surface area contributed by atoms with E-state index in [0.29, 0.717) is 6.54 Å². The van der Waals surface area contributed by atoms with Gasteiger partial charge in [-0.3, -0.25) is 4.98 Å². The Labute approximate surface area is 121 Å². The minimum Gasteiger partial charge on any atom is -0.370 e. The lowest BCUT2D eigenvalue weighted by Gasteiger charge is -2.57. The third kappa shape index (κ3) is 1.86. The molecule has 4 aliphatic carbocycles. The van der Waals surface area contributed by atoms with Gasteiger partial charge in [-0.05, 0) is 67.4 Å². The number of nitrogens with zero attached hydrogens (tertiary/aromatic N) is 2. The van der Waals surface area contributed by atoms with Crippen molar-refractivity contribution in [2.75, 3.05) is 11.9 Å². The molecule has 4 aliphatic rings. The Morgan fingerprint density at radius 2 is 1.80 bits per heavy atom. The monoisotopic (exact) mass is 271 g/mol. The standard InChI is InChI=1S/C17H25N3/c1-20(16-10-19-3-2-13(16)9-18)17-14-5-11-4-12(7-14)8-15(17)6-11/h2-3,10-12,14-15,17H,4-9,18H2,1H3. The molecule has 0 aliphatic heterocycles. The summed E-state index contributed by atoms with van der Waals surface area (Å²) in [4.78, 5) is 6.85. The van der Waals surface area contributed by atoms with Gasteiger partial charge in [0.2, 0.25) is 0 Å². The second-order valence-electron chi connectivity index (χ2n) is 7.24. The fourth-order valence-corrected chi connectivity index (χ4v) is 5.59. The summed E-state index contributed by atoms with van der Waals surface area (Å²) in [5, 5.41) is 0. The molecule has 1 heterocycles. The maximum absolute atomic E-state index is 5.91. The van der Waals surface area contributed by atoms with Crippen LogP contribution in [0.3, 0.4) is 0 Å². The van der Waals surface area contributed by atoms with Crippen molar-refractivity contribution in [3.8, 4) is 0 Å². The van der Waals surface area contributed by atoms with E-state index < -0.39 is 0 Å². The van der Waals surface area contributed by atoms with Gasteiger partial charge in [0.1, 0.15) is 0 Å². The summed E-state index contributed by atoms with van der Waals surface area (Å²) in [6, 6.07) is 2.79. The summed E-state index contributed by atoms with van der Waals surface area (Å²) in [5.41, 5.74) is 8.40. The van der Waals surface area contributed by atoms with Crippen LogP contribution in [0.25, 0.3) is 0 Å². The number of pyridine rings is 1. The van der Waals surface area contributed by atoms with Crippen LogP contribution in [-0.4, -0.2) is 18.1 Å². The lowest BCUT2D eigenvalue weighted by Crippen LogP contribution is -2.55. The Bertz CT molecular complexity index is 471. The predicted octanol–water partition coefficient (Wildman–Crippen LogP) is 2.80. The van der Waals surface area contributed by atoms with E-state index >= 15 is 0 Å². The van der Waals surface area contributed by atoms with Crippen LogP contribution in [0.5, 0.6) is 0 Å². The molecule has 4 bridgehead atoms. The van der Waals surface area contributed by atoms with E-state index in [1.807, 2.05) is 12.4 Å². The van der Waals surface area contributed by atoms with E-state index in [1.54, 1.807) is 0 Å². The average Bonchev–Trinajstić information content (AvgIpc) is 2.46. The normalized spacial score (nSPS) is 38.2. The van der Waals surface area contributed by atoms with Crippen LogP contribution in [0, 0.1) is 23.7 Å². The van der Waals surface area contributed by atoms with Gasteiger partial charge in [0, 0.05) is 25.8 Å². The Balaban J connectivity index is 1.64. The van der Waals surface area contributed by atoms with Gasteiger partial charge in [-0.1, -0.05) is 0 Å². The summed E-state index contributed by atoms with van der Waals surface area (Å²) in [5.74, 6) is 3.87. The lowest BCUT2D eigenvalue weighted by molar-refractivity contribution is -0.00127. The number of nitrogens with two attached hydrogens (primary N) is 1. The van der Waals surface area contributed by atoms with Crippen LogP contribution < -0.4 is 10.6 Å². The highest BCUT2D eigenvalue weighted by atomic mass is 15.2. The summed E-state index contributed by atoms with van der Waals surface area (Å²) in [7, 11) is 2.27. The van der Waals surface area contributed by atoms with Crippen LogP contribution in [-0.2, 0) is 6.54 Å². The van der Waals surface area contributed by atoms with Crippen molar-refractivity contribution in [1.29, 1.82) is 0 Å². The molecule has 3 heteroatoms. The molecule has 3 nitrogen and oxygen atoms in total. The molecule has 20 heavy (non-hydrogen) atoms. The first-order valence-corrected chi connectivity index (χ1v) is 8.12. The third-order valence-electron chi connectivity index (χ3n) is 6.11. The highest BCUT2D eigenvalue weighted by Crippen LogP contribution is 2.55. The van der Waals surface area contributed by atoms with Crippen LogP contribution >= 0.6 is 0 Å². The summed E-state index contributed by atoms with van der Waals surface area (Å²) in [6.45, 7) is 0.607. The van der Waals surface area contributed by atoms with Crippen molar-refractivity contribution < 1.29 is 0 Å². The van der Waals surface area contributed by atoms with Crippen molar-refractivity contribution in [3.05, 3.63) is 24.0 Å². The molecule has 108 valence electrons. The zero-order chi connectivity index (χ0) is 13.7. The predicted molar refractivity (Wildman–Crippen MR) is 81.4 cm³/mol. The van der Waals surface area contributed by atoms with Gasteiger partial charge in [-0.15, -0.1) is 0 Å². The van der Waals surface area contributed by atoms with Gasteiger partial charge in [0.15, 0.2) is 0 Å². The fourth-order valence-electron chi connectivity index (χ4n) is 5.59. The van der Waals surface area contributed by atoms with Gasteiger partial charge in [0.05, 0.1) is 11.9 Å². The number of hydrogen-bond acceptors (Lipinski definition) is 3. The first-order chi connectivity index (χ1) is 9.76. The largest absolute Gasteiger partial charge is 0.370 e. The Morgan fingerprint density at radius 3 is 2.40 bits per heavy atom. The van der Waals surface area contributed by atoms with Crippen molar-refractivity contribution in [2.45, 2.75) is 44.7 Å². The molecule has 0 unspecified atom stereocenters. The molecule has 1 aromatic heterocycles. The van der Waals surface area contributed by atoms with Crippen LogP contribution in [0.15, 0.2) is 18.5 Å². The van der Waals surface area contributed by atoms with Crippen LogP contribution in [0.4, 0.5) is 5.69 Å². The van der Waals surface area contributed by atoms with Crippen LogP contribution in [0.2, 0.25) is 0 Å². The quantitative estimate of drug-likeness (QED) is 0.919. The fraction of sp³-hybridized carbons (Fsp3) is 0.706. The molecular weight excluding hydrogens is 246 g/mol. The maximum atomic E-state index is 5.91. The first-order valence-electron chi connectivity index (χ1n) is 8.12. The van der Waals surface area contributed by atoms with Crippen molar-refractivity contribution >= 4 is 5.69 Å². The average molecular weight is 271 g/mol. The second-order valence-corrected chi connectivity index (χ2v) is 7.24. The molecule has 0 spiro atoms. The summed E-state index contributed by atoms with van der Waals surface area (Å²) in [6.07, 6.45) is 11.2. The summed E-state index contributed by atoms with van der Waals surface area (Å²) >= 11 is 0. The van der Waals surface area contributed by atoms with Gasteiger partial charge in [0.25, 0.3) is 0 Å². The molecule has 1 aromatic rings. The van der Waals surface area contributed by atoms with E-state index in [1.165, 1.54) is 43.4 Å². The van der Waals surface area contributed by atoms with Gasteiger partial charge in [-0.25, -0.2) is 0 Å². The first kappa shape index (κ1) is 12.6. The molecule has 0 saturated heterocycles. The van der Waals surface area contributed by atoms with E-state index in [-0.39, 0.29) is 0 Å². The molecule has 0 radical (unpaired) electrons. The second kappa shape index (κ2) is 4.73. The molecule has 2 N–H and O–H groups in total. The Morgan fingerprint density at radius 1 is 1.15 bits per heavy atom. The molecule has 5 rings (SSSR count). The molecule has 0 aromatic carbocycles. The number of anilines is 1. The Kier molecular flexibility index (Phi) is 2.99. The maximum Gasteiger partial charge on any atom is 0.0598 e. The van der Waals surface area contributed by atoms with Gasteiger partial charge >= 0.3 is 0 Å². The van der Waals surface area contributed by atoms with Crippen LogP contribution in [0.1, 0.15) is 37.7 Å². The number of aromatic nitrogens is 1.